The van der Waals surface area contributed by atoms with E-state index in [1.807, 2.05) is 5.32 Å². The third kappa shape index (κ3) is 13.8. The molecule has 0 spiro atoms. The lowest BCUT2D eigenvalue weighted by atomic mass is 10.0. The van der Waals surface area contributed by atoms with E-state index in [4.69, 9.17) is 10.5 Å². The molecule has 43 heavy (non-hydrogen) atoms. The molecule has 0 saturated heterocycles. The molecule has 0 aliphatic rings. The first-order valence-electron chi connectivity index (χ1n) is 13.7. The van der Waals surface area contributed by atoms with Crippen LogP contribution < -0.4 is 27.0 Å². The number of aliphatic hydroxyl groups is 1. The van der Waals surface area contributed by atoms with Crippen molar-refractivity contribution in [1.29, 1.82) is 0 Å². The maximum atomic E-state index is 13.3. The number of carbonyl (C=O) groups excluding carboxylic acids is 5. The summed E-state index contributed by atoms with van der Waals surface area (Å²) in [7, 11) is 0. The van der Waals surface area contributed by atoms with Crippen LogP contribution in [-0.4, -0.2) is 76.9 Å². The molecule has 12 nitrogen and oxygen atoms in total. The number of hydrogen-bond acceptors (Lipinski definition) is 7. The van der Waals surface area contributed by atoms with Gasteiger partial charge < -0.3 is 36.8 Å². The number of benzene rings is 1. The van der Waals surface area contributed by atoms with E-state index in [0.29, 0.717) is 5.56 Å². The summed E-state index contributed by atoms with van der Waals surface area (Å²) in [6.07, 6.45) is -10.1. The lowest BCUT2D eigenvalue weighted by molar-refractivity contribution is -0.212. The minimum atomic E-state index is -5.10. The number of rotatable bonds is 14. The van der Waals surface area contributed by atoms with Crippen molar-refractivity contribution >= 4 is 29.7 Å². The van der Waals surface area contributed by atoms with Gasteiger partial charge in [-0.1, -0.05) is 44.2 Å². The van der Waals surface area contributed by atoms with Crippen molar-refractivity contribution in [2.24, 2.45) is 11.7 Å². The maximum absolute atomic E-state index is 13.3. The maximum Gasteiger partial charge on any atom is 0.416 e. The monoisotopic (exact) mass is 617 g/mol. The van der Waals surface area contributed by atoms with E-state index in [1.54, 1.807) is 65.0 Å². The molecule has 242 valence electrons. The quantitative estimate of drug-likeness (QED) is 0.182. The Hall–Kier alpha value is -3.88. The lowest BCUT2D eigenvalue weighted by Gasteiger charge is -2.28. The first kappa shape index (κ1) is 37.1. The predicted octanol–water partition coefficient (Wildman–Crippen LogP) is 1.44. The van der Waals surface area contributed by atoms with Gasteiger partial charge in [-0.15, -0.1) is 0 Å². The highest BCUT2D eigenvalue weighted by atomic mass is 19.4. The second-order valence-electron chi connectivity index (χ2n) is 11.5. The minimum absolute atomic E-state index is 0.0297. The number of nitrogens with one attached hydrogen (secondary N) is 4. The largest absolute Gasteiger partial charge is 0.444 e. The van der Waals surface area contributed by atoms with Gasteiger partial charge in [-0.2, -0.15) is 13.2 Å². The Bertz CT molecular complexity index is 1110. The van der Waals surface area contributed by atoms with Crippen molar-refractivity contribution in [3.8, 4) is 0 Å². The van der Waals surface area contributed by atoms with Crippen LogP contribution in [0.5, 0.6) is 0 Å². The normalized spacial score (nSPS) is 15.3. The highest BCUT2D eigenvalue weighted by Crippen LogP contribution is 2.24. The van der Waals surface area contributed by atoms with Crippen LogP contribution in [0.1, 0.15) is 59.9 Å². The number of ether oxygens (including phenoxy) is 1. The molecule has 5 atom stereocenters. The molecule has 0 aromatic heterocycles. The van der Waals surface area contributed by atoms with E-state index < -0.39 is 90.5 Å². The van der Waals surface area contributed by atoms with Crippen molar-refractivity contribution in [2.45, 2.75) is 103 Å². The van der Waals surface area contributed by atoms with Crippen LogP contribution in [0, 0.1) is 5.92 Å². The van der Waals surface area contributed by atoms with E-state index >= 15 is 0 Å². The summed E-state index contributed by atoms with van der Waals surface area (Å²) in [5.74, 6) is -3.99. The van der Waals surface area contributed by atoms with Crippen LogP contribution >= 0.6 is 0 Å². The minimum Gasteiger partial charge on any atom is -0.444 e. The highest BCUT2D eigenvalue weighted by molar-refractivity contribution is 5.94. The van der Waals surface area contributed by atoms with Crippen LogP contribution in [-0.2, 0) is 30.3 Å². The van der Waals surface area contributed by atoms with Gasteiger partial charge in [-0.05, 0) is 45.6 Å². The molecule has 0 aliphatic heterocycles. The summed E-state index contributed by atoms with van der Waals surface area (Å²) in [5.41, 5.74) is 4.81. The number of nitrogens with two attached hydrogens (primary N) is 1. The highest BCUT2D eigenvalue weighted by Gasteiger charge is 2.44. The standard InChI is InChI=1S/C28H42F3N5O7/c1-15(2)21(36-26(42)43-27(4,5)6)25(41)35-19(14-17-10-8-7-9-11-17)24(40)33-16(3)23(39)34-18(12-13-20(32)37)22(38)28(29,30)31/h7-11,15-16,18-19,21-22,38H,12-14H2,1-6H3,(H2,32,37)(H,33,40)(H,34,39)(H,35,41)(H,36,42)/t16-,18?,19-,21-,22?/m0/s1. The van der Waals surface area contributed by atoms with Gasteiger partial charge in [-0.25, -0.2) is 4.79 Å². The fourth-order valence-electron chi connectivity index (χ4n) is 3.81. The van der Waals surface area contributed by atoms with E-state index in [9.17, 15) is 42.3 Å². The van der Waals surface area contributed by atoms with Crippen LogP contribution in [0.2, 0.25) is 0 Å². The molecular weight excluding hydrogens is 575 g/mol. The zero-order valence-corrected chi connectivity index (χ0v) is 25.1. The number of carbonyl (C=O) groups is 5. The molecule has 0 bridgehead atoms. The van der Waals surface area contributed by atoms with Crippen LogP contribution in [0.3, 0.4) is 0 Å². The van der Waals surface area contributed by atoms with Crippen molar-refractivity contribution in [3.63, 3.8) is 0 Å². The molecule has 0 aliphatic carbocycles. The van der Waals surface area contributed by atoms with Crippen LogP contribution in [0.4, 0.5) is 18.0 Å². The zero-order chi connectivity index (χ0) is 33.1. The molecule has 0 radical (unpaired) electrons. The SMILES string of the molecule is CC(C)[C@H](NC(=O)OC(C)(C)C)C(=O)N[C@@H](Cc1ccccc1)C(=O)N[C@@H](C)C(=O)NC(CCC(N)=O)C(O)C(F)(F)F. The summed E-state index contributed by atoms with van der Waals surface area (Å²) >= 11 is 0. The number of alkyl halides is 3. The molecule has 1 aromatic carbocycles. The van der Waals surface area contributed by atoms with Gasteiger partial charge in [-0.3, -0.25) is 19.2 Å². The molecule has 1 aromatic rings. The van der Waals surface area contributed by atoms with Gasteiger partial charge in [0.1, 0.15) is 23.7 Å². The molecule has 15 heteroatoms. The number of primary amides is 1. The Morgan fingerprint density at radius 2 is 1.47 bits per heavy atom. The summed E-state index contributed by atoms with van der Waals surface area (Å²) in [5, 5.41) is 19.1. The topological polar surface area (TPSA) is 189 Å². The summed E-state index contributed by atoms with van der Waals surface area (Å²) in [6, 6.07) is 2.86. The Morgan fingerprint density at radius 3 is 1.95 bits per heavy atom. The number of alkyl carbamates (subject to hydrolysis) is 1. The number of aliphatic hydroxyl groups excluding tert-OH is 1. The Labute approximate surface area is 248 Å². The van der Waals surface area contributed by atoms with E-state index in [-0.39, 0.29) is 6.42 Å². The number of hydrogen-bond donors (Lipinski definition) is 6. The second kappa shape index (κ2) is 16.1. The number of amides is 5. The Balaban J connectivity index is 3.11. The summed E-state index contributed by atoms with van der Waals surface area (Å²) < 4.78 is 44.6. The molecular formula is C28H42F3N5O7. The van der Waals surface area contributed by atoms with Crippen LogP contribution in [0.15, 0.2) is 30.3 Å². The van der Waals surface area contributed by atoms with Gasteiger partial charge in [0.25, 0.3) is 0 Å². The van der Waals surface area contributed by atoms with Crippen molar-refractivity contribution in [1.82, 2.24) is 21.3 Å². The molecule has 5 amide bonds. The zero-order valence-electron chi connectivity index (χ0n) is 25.1. The van der Waals surface area contributed by atoms with E-state index in [0.717, 1.165) is 0 Å². The van der Waals surface area contributed by atoms with Crippen LogP contribution in [0.25, 0.3) is 0 Å². The van der Waals surface area contributed by atoms with Crippen molar-refractivity contribution < 1.29 is 47.0 Å². The fraction of sp³-hybridized carbons (Fsp3) is 0.607. The van der Waals surface area contributed by atoms with E-state index in [1.165, 1.54) is 6.92 Å². The van der Waals surface area contributed by atoms with Crippen molar-refractivity contribution in [3.05, 3.63) is 35.9 Å². The van der Waals surface area contributed by atoms with Gasteiger partial charge in [0.05, 0.1) is 6.04 Å². The lowest BCUT2D eigenvalue weighted by Crippen LogP contribution is -2.59. The molecule has 7 N–H and O–H groups in total. The third-order valence-corrected chi connectivity index (χ3v) is 6.03. The Morgan fingerprint density at radius 1 is 0.884 bits per heavy atom. The van der Waals surface area contributed by atoms with Gasteiger partial charge in [0.2, 0.25) is 23.6 Å². The molecule has 0 saturated carbocycles. The fourth-order valence-corrected chi connectivity index (χ4v) is 3.81. The summed E-state index contributed by atoms with van der Waals surface area (Å²) in [4.78, 5) is 62.7. The molecule has 0 fully saturated rings. The van der Waals surface area contributed by atoms with Gasteiger partial charge in [0, 0.05) is 12.8 Å². The first-order chi connectivity index (χ1) is 19.7. The molecule has 0 heterocycles. The average molecular weight is 618 g/mol. The number of halogens is 3. The third-order valence-electron chi connectivity index (χ3n) is 6.03. The van der Waals surface area contributed by atoms with Gasteiger partial charge >= 0.3 is 12.3 Å². The second-order valence-corrected chi connectivity index (χ2v) is 11.5. The first-order valence-corrected chi connectivity index (χ1v) is 13.7. The smallest absolute Gasteiger partial charge is 0.416 e. The Kier molecular flexibility index (Phi) is 13.9. The van der Waals surface area contributed by atoms with E-state index in [2.05, 4.69) is 16.0 Å². The summed E-state index contributed by atoms with van der Waals surface area (Å²) in [6.45, 7) is 9.49. The average Bonchev–Trinajstić information content (AvgIpc) is 2.87. The van der Waals surface area contributed by atoms with Crippen molar-refractivity contribution in [2.75, 3.05) is 0 Å². The predicted molar refractivity (Wildman–Crippen MR) is 150 cm³/mol. The molecule has 2 unspecified atom stereocenters. The van der Waals surface area contributed by atoms with Gasteiger partial charge in [0.15, 0.2) is 6.10 Å². The molecule has 1 rings (SSSR count).